The fourth-order valence-corrected chi connectivity index (χ4v) is 9.23. The third-order valence-electron chi connectivity index (χ3n) is 11.8. The van der Waals surface area contributed by atoms with Crippen molar-refractivity contribution in [1.82, 2.24) is 20.5 Å². The minimum absolute atomic E-state index is 0.0433. The van der Waals surface area contributed by atoms with Crippen LogP contribution in [0, 0.1) is 5.92 Å². The van der Waals surface area contributed by atoms with Crippen LogP contribution in [0.15, 0.2) is 144 Å². The maximum Gasteiger partial charge on any atom is 0.317 e. The first kappa shape index (κ1) is 43.1. The number of thiophene rings is 1. The molecule has 5 aromatic carbocycles. The van der Waals surface area contributed by atoms with Crippen LogP contribution in [0.2, 0.25) is 0 Å². The van der Waals surface area contributed by atoms with Crippen molar-refractivity contribution in [2.75, 3.05) is 33.4 Å². The van der Waals surface area contributed by atoms with Gasteiger partial charge in [-0.15, -0.1) is 11.3 Å². The highest BCUT2D eigenvalue weighted by Crippen LogP contribution is 2.33. The van der Waals surface area contributed by atoms with Crippen LogP contribution < -0.4 is 20.9 Å². The molecule has 0 spiro atoms. The maximum atomic E-state index is 13.8. The number of hydrogen-bond donors (Lipinski definition) is 4. The van der Waals surface area contributed by atoms with Gasteiger partial charge < -0.3 is 30.2 Å². The number of phenols is 1. The first-order valence-electron chi connectivity index (χ1n) is 21.5. The molecule has 0 saturated carbocycles. The number of nitrogens with zero attached hydrogens (tertiary/aromatic N) is 1. The zero-order valence-electron chi connectivity index (χ0n) is 35.3. The Balaban J connectivity index is 0.828. The average Bonchev–Trinajstić information content (AvgIpc) is 3.80. The molecule has 11 heteroatoms. The van der Waals surface area contributed by atoms with Gasteiger partial charge in [0.15, 0.2) is 0 Å². The van der Waals surface area contributed by atoms with Crippen molar-refractivity contribution in [3.63, 3.8) is 0 Å². The number of aromatic hydroxyl groups is 1. The summed E-state index contributed by atoms with van der Waals surface area (Å²) in [5.74, 6) is 0.0590. The summed E-state index contributed by atoms with van der Waals surface area (Å²) in [6.45, 7) is 4.93. The fourth-order valence-electron chi connectivity index (χ4n) is 8.28. The molecule has 1 aliphatic rings. The van der Waals surface area contributed by atoms with Gasteiger partial charge in [0.05, 0.1) is 25.8 Å². The highest BCUT2D eigenvalue weighted by Gasteiger charge is 2.27. The Kier molecular flexibility index (Phi) is 14.1. The van der Waals surface area contributed by atoms with E-state index in [4.69, 9.17) is 9.47 Å². The number of likely N-dealkylation sites (tertiary alicyclic amines) is 1. The van der Waals surface area contributed by atoms with E-state index in [1.165, 1.54) is 11.6 Å². The predicted molar refractivity (Wildman–Crippen MR) is 249 cm³/mol. The van der Waals surface area contributed by atoms with Crippen molar-refractivity contribution in [3.8, 4) is 21.9 Å². The number of aromatic nitrogens is 1. The van der Waals surface area contributed by atoms with Gasteiger partial charge in [0, 0.05) is 45.4 Å². The lowest BCUT2D eigenvalue weighted by atomic mass is 9.90. The van der Waals surface area contributed by atoms with Gasteiger partial charge in [-0.05, 0) is 109 Å². The Labute approximate surface area is 371 Å². The number of ether oxygens (including phenoxy) is 2. The normalized spacial score (nSPS) is 13.7. The number of esters is 1. The molecule has 1 atom stereocenters. The average molecular weight is 861 g/mol. The molecule has 8 rings (SSSR count). The van der Waals surface area contributed by atoms with Crippen molar-refractivity contribution in [1.29, 1.82) is 0 Å². The fraction of sp³-hybridized carbons (Fsp3) is 0.250. The van der Waals surface area contributed by atoms with E-state index < -0.39 is 5.92 Å². The zero-order chi connectivity index (χ0) is 43.5. The molecular formula is C52H52N4O6S. The topological polar surface area (TPSA) is 133 Å². The van der Waals surface area contributed by atoms with Gasteiger partial charge in [0.1, 0.15) is 17.4 Å². The Morgan fingerprint density at radius 2 is 1.56 bits per heavy atom. The van der Waals surface area contributed by atoms with Crippen LogP contribution >= 0.6 is 11.3 Å². The van der Waals surface area contributed by atoms with Gasteiger partial charge >= 0.3 is 5.97 Å². The Morgan fingerprint density at radius 3 is 2.32 bits per heavy atom. The zero-order valence-corrected chi connectivity index (χ0v) is 36.2. The van der Waals surface area contributed by atoms with E-state index in [0.717, 1.165) is 75.4 Å². The van der Waals surface area contributed by atoms with Gasteiger partial charge in [-0.1, -0.05) is 97.1 Å². The first-order valence-corrected chi connectivity index (χ1v) is 22.3. The highest BCUT2D eigenvalue weighted by molar-refractivity contribution is 7.15. The molecule has 10 nitrogen and oxygen atoms in total. The number of carbonyl (C=O) groups is 2. The Bertz CT molecular complexity index is 2690. The van der Waals surface area contributed by atoms with Crippen LogP contribution in [-0.4, -0.2) is 60.2 Å². The molecular weight excluding hydrogens is 809 g/mol. The molecule has 3 heterocycles. The molecule has 0 radical (unpaired) electrons. The van der Waals surface area contributed by atoms with E-state index in [9.17, 15) is 19.5 Å². The molecule has 2 aromatic heterocycles. The summed E-state index contributed by atoms with van der Waals surface area (Å²) in [6, 6.07) is 44.7. The molecule has 1 amide bonds. The van der Waals surface area contributed by atoms with Crippen LogP contribution in [-0.2, 0) is 35.6 Å². The minimum atomic E-state index is -0.524. The van der Waals surface area contributed by atoms with Crippen LogP contribution in [0.5, 0.6) is 11.5 Å². The van der Waals surface area contributed by atoms with Crippen molar-refractivity contribution in [3.05, 3.63) is 188 Å². The van der Waals surface area contributed by atoms with E-state index in [0.29, 0.717) is 55.4 Å². The SMILES string of the molecule is COc1cc(C(=O)NCc2ccc(-c3ccc(C(C(=O)OCC4CCN(Cc5ccccc5)CC4)c4ccccc4)cc3)s2)ccc1CNCCc1ccc(O)c2[nH]c(=O)ccc12. The number of carbonyl (C=O) groups excluding carboxylic acids is 2. The predicted octanol–water partition coefficient (Wildman–Crippen LogP) is 8.82. The van der Waals surface area contributed by atoms with E-state index in [1.54, 1.807) is 42.7 Å². The summed E-state index contributed by atoms with van der Waals surface area (Å²) in [4.78, 5) is 46.1. The van der Waals surface area contributed by atoms with Crippen molar-refractivity contribution >= 4 is 34.1 Å². The molecule has 1 saturated heterocycles. The summed E-state index contributed by atoms with van der Waals surface area (Å²) in [5.41, 5.74) is 6.75. The lowest BCUT2D eigenvalue weighted by Gasteiger charge is -2.32. The number of phenolic OH excluding ortho intramolecular Hbond substituents is 1. The van der Waals surface area contributed by atoms with Crippen LogP contribution in [0.4, 0.5) is 0 Å². The molecule has 1 unspecified atom stereocenters. The maximum absolute atomic E-state index is 13.8. The van der Waals surface area contributed by atoms with Crippen molar-refractivity contribution < 1.29 is 24.2 Å². The molecule has 4 N–H and O–H groups in total. The number of nitrogens with one attached hydrogen (secondary N) is 3. The quantitative estimate of drug-likeness (QED) is 0.0528. The first-order chi connectivity index (χ1) is 30.8. The number of H-pyrrole nitrogens is 1. The number of fused-ring (bicyclic) bond motifs is 1. The number of amides is 1. The molecule has 7 aromatic rings. The van der Waals surface area contributed by atoms with Gasteiger partial charge in [-0.3, -0.25) is 19.3 Å². The summed E-state index contributed by atoms with van der Waals surface area (Å²) < 4.78 is 11.7. The van der Waals surface area contributed by atoms with Gasteiger partial charge in [0.2, 0.25) is 5.56 Å². The second kappa shape index (κ2) is 20.6. The van der Waals surface area contributed by atoms with Crippen molar-refractivity contribution in [2.24, 2.45) is 5.92 Å². The number of aromatic amines is 1. The second-order valence-electron chi connectivity index (χ2n) is 16.1. The van der Waals surface area contributed by atoms with Crippen LogP contribution in [0.1, 0.15) is 61.8 Å². The van der Waals surface area contributed by atoms with Gasteiger partial charge in [0.25, 0.3) is 5.91 Å². The highest BCUT2D eigenvalue weighted by atomic mass is 32.1. The molecule has 1 aliphatic heterocycles. The van der Waals surface area contributed by atoms with E-state index >= 15 is 0 Å². The third-order valence-corrected chi connectivity index (χ3v) is 12.9. The second-order valence-corrected chi connectivity index (χ2v) is 17.2. The number of piperidine rings is 1. The van der Waals surface area contributed by atoms with Crippen LogP contribution in [0.3, 0.4) is 0 Å². The minimum Gasteiger partial charge on any atom is -0.506 e. The number of hydrogen-bond acceptors (Lipinski definition) is 9. The Morgan fingerprint density at radius 1 is 0.825 bits per heavy atom. The Hall–Kier alpha value is -6.53. The lowest BCUT2D eigenvalue weighted by molar-refractivity contribution is -0.146. The van der Waals surface area contributed by atoms with Crippen molar-refractivity contribution in [2.45, 2.75) is 44.8 Å². The monoisotopic (exact) mass is 860 g/mol. The molecule has 322 valence electrons. The lowest BCUT2D eigenvalue weighted by Crippen LogP contribution is -2.35. The molecule has 63 heavy (non-hydrogen) atoms. The summed E-state index contributed by atoms with van der Waals surface area (Å²) in [5, 5.41) is 17.5. The molecule has 0 bridgehead atoms. The summed E-state index contributed by atoms with van der Waals surface area (Å²) in [6.07, 6.45) is 2.70. The van der Waals surface area contributed by atoms with Crippen LogP contribution in [0.25, 0.3) is 21.3 Å². The summed E-state index contributed by atoms with van der Waals surface area (Å²) in [7, 11) is 1.59. The third kappa shape index (κ3) is 10.9. The standard InChI is InChI=1S/C52H52N4O6S/c1-61-46-30-41(16-17-42(46)31-53-27-24-37-18-21-45(57)50-44(37)20-23-48(58)55-50)51(59)54-32-43-19-22-47(63-43)38-12-14-40(15-13-38)49(39-10-6-3-7-11-39)52(60)62-34-36-25-28-56(29-26-36)33-35-8-4-2-5-9-35/h2-23,30,36,49,53,57H,24-29,31-34H2,1H3,(H,54,59)(H,55,58). The van der Waals surface area contributed by atoms with E-state index in [2.05, 4.69) is 63.0 Å². The van der Waals surface area contributed by atoms with E-state index in [1.807, 2.05) is 66.7 Å². The number of methoxy groups -OCH3 is 1. The summed E-state index contributed by atoms with van der Waals surface area (Å²) >= 11 is 1.62. The number of rotatable bonds is 17. The smallest absolute Gasteiger partial charge is 0.317 e. The largest absolute Gasteiger partial charge is 0.506 e. The van der Waals surface area contributed by atoms with Gasteiger partial charge in [-0.2, -0.15) is 0 Å². The number of pyridine rings is 1. The van der Waals surface area contributed by atoms with Gasteiger partial charge in [-0.25, -0.2) is 0 Å². The molecule has 1 fully saturated rings. The van der Waals surface area contributed by atoms with E-state index in [-0.39, 0.29) is 23.2 Å². The number of benzene rings is 5. The molecule has 0 aliphatic carbocycles.